The summed E-state index contributed by atoms with van der Waals surface area (Å²) in [5, 5.41) is 9.99. The van der Waals surface area contributed by atoms with Crippen LogP contribution in [0.4, 0.5) is 0 Å². The number of benzene rings is 1. The highest BCUT2D eigenvalue weighted by Gasteiger charge is 2.16. The van der Waals surface area contributed by atoms with E-state index in [2.05, 4.69) is 31.2 Å². The summed E-state index contributed by atoms with van der Waals surface area (Å²) in [6.45, 7) is 4.70. The van der Waals surface area contributed by atoms with Crippen LogP contribution in [0.2, 0.25) is 0 Å². The Hall–Kier alpha value is -0.860. The Morgan fingerprint density at radius 2 is 1.88 bits per heavy atom. The molecule has 2 heteroatoms. The summed E-state index contributed by atoms with van der Waals surface area (Å²) in [5.41, 5.74) is 1.34. The van der Waals surface area contributed by atoms with E-state index < -0.39 is 0 Å². The smallest absolute Gasteiger partial charge is 0.0831 e. The first-order valence-corrected chi connectivity index (χ1v) is 6.61. The minimum Gasteiger partial charge on any atom is -0.390 e. The summed E-state index contributed by atoms with van der Waals surface area (Å²) in [4.78, 5) is 0. The number of aryl methyl sites for hydroxylation is 1. The van der Waals surface area contributed by atoms with E-state index in [0.717, 1.165) is 25.7 Å². The van der Waals surface area contributed by atoms with Crippen LogP contribution in [-0.4, -0.2) is 23.9 Å². The Kier molecular flexibility index (Phi) is 6.90. The predicted octanol–water partition coefficient (Wildman–Crippen LogP) is 3.19. The molecule has 0 heterocycles. The quantitative estimate of drug-likeness (QED) is 0.751. The highest BCUT2D eigenvalue weighted by atomic mass is 16.5. The average molecular weight is 236 g/mol. The lowest BCUT2D eigenvalue weighted by Crippen LogP contribution is -2.28. The Morgan fingerprint density at radius 3 is 2.47 bits per heavy atom. The van der Waals surface area contributed by atoms with Crippen molar-refractivity contribution >= 4 is 0 Å². The van der Waals surface area contributed by atoms with Gasteiger partial charge < -0.3 is 9.84 Å². The van der Waals surface area contributed by atoms with Gasteiger partial charge in [0, 0.05) is 6.61 Å². The van der Waals surface area contributed by atoms with Gasteiger partial charge in [-0.05, 0) is 38.2 Å². The van der Waals surface area contributed by atoms with Gasteiger partial charge in [0.1, 0.15) is 0 Å². The van der Waals surface area contributed by atoms with E-state index in [1.807, 2.05) is 13.0 Å². The summed E-state index contributed by atoms with van der Waals surface area (Å²) in [6, 6.07) is 10.4. The molecule has 0 fully saturated rings. The van der Waals surface area contributed by atoms with E-state index in [0.29, 0.717) is 6.61 Å². The van der Waals surface area contributed by atoms with Crippen LogP contribution in [0.15, 0.2) is 30.3 Å². The highest BCUT2D eigenvalue weighted by molar-refractivity contribution is 5.14. The van der Waals surface area contributed by atoms with Crippen molar-refractivity contribution in [3.8, 4) is 0 Å². The van der Waals surface area contributed by atoms with Crippen molar-refractivity contribution < 1.29 is 9.84 Å². The average Bonchev–Trinajstić information content (AvgIpc) is 2.37. The molecule has 0 saturated carbocycles. The zero-order valence-electron chi connectivity index (χ0n) is 10.9. The molecule has 0 aliphatic carbocycles. The summed E-state index contributed by atoms with van der Waals surface area (Å²) < 4.78 is 5.51. The molecule has 0 saturated heterocycles. The van der Waals surface area contributed by atoms with Crippen molar-refractivity contribution in [2.45, 2.75) is 51.7 Å². The zero-order chi connectivity index (χ0) is 12.5. The van der Waals surface area contributed by atoms with Gasteiger partial charge in [0.2, 0.25) is 0 Å². The van der Waals surface area contributed by atoms with Crippen molar-refractivity contribution in [2.75, 3.05) is 6.61 Å². The maximum Gasteiger partial charge on any atom is 0.0831 e. The molecule has 2 nitrogen and oxygen atoms in total. The molecule has 0 aromatic heterocycles. The standard InChI is InChI=1S/C15H24O2/c1-3-15(17-4-2)14(16)12-8-11-13-9-6-5-7-10-13/h5-7,9-10,14-16H,3-4,8,11-12H2,1-2H3. The van der Waals surface area contributed by atoms with Crippen molar-refractivity contribution in [2.24, 2.45) is 0 Å². The number of hydrogen-bond acceptors (Lipinski definition) is 2. The fraction of sp³-hybridized carbons (Fsp3) is 0.600. The normalized spacial score (nSPS) is 14.5. The molecule has 0 amide bonds. The monoisotopic (exact) mass is 236 g/mol. The van der Waals surface area contributed by atoms with Gasteiger partial charge >= 0.3 is 0 Å². The number of aliphatic hydroxyl groups excluding tert-OH is 1. The maximum absolute atomic E-state index is 9.99. The molecule has 96 valence electrons. The first kappa shape index (κ1) is 14.2. The topological polar surface area (TPSA) is 29.5 Å². The second kappa shape index (κ2) is 8.26. The summed E-state index contributed by atoms with van der Waals surface area (Å²) in [5.74, 6) is 0. The fourth-order valence-corrected chi connectivity index (χ4v) is 2.06. The van der Waals surface area contributed by atoms with Gasteiger partial charge in [0.25, 0.3) is 0 Å². The Labute approximate surface area is 105 Å². The molecule has 2 atom stereocenters. The third-order valence-electron chi connectivity index (χ3n) is 3.02. The van der Waals surface area contributed by atoms with Gasteiger partial charge in [-0.2, -0.15) is 0 Å². The molecule has 2 unspecified atom stereocenters. The summed E-state index contributed by atoms with van der Waals surface area (Å²) in [7, 11) is 0. The van der Waals surface area contributed by atoms with Crippen molar-refractivity contribution in [1.82, 2.24) is 0 Å². The van der Waals surface area contributed by atoms with Crippen molar-refractivity contribution in [3.05, 3.63) is 35.9 Å². The molecule has 0 aliphatic rings. The number of ether oxygens (including phenoxy) is 1. The van der Waals surface area contributed by atoms with Gasteiger partial charge in [-0.25, -0.2) is 0 Å². The number of hydrogen-bond donors (Lipinski definition) is 1. The number of rotatable bonds is 8. The van der Waals surface area contributed by atoms with Gasteiger partial charge in [0.05, 0.1) is 12.2 Å². The minimum atomic E-state index is -0.330. The van der Waals surface area contributed by atoms with Crippen LogP contribution in [0, 0.1) is 0 Å². The first-order valence-electron chi connectivity index (χ1n) is 6.61. The van der Waals surface area contributed by atoms with Crippen LogP contribution >= 0.6 is 0 Å². The lowest BCUT2D eigenvalue weighted by molar-refractivity contribution is -0.0377. The van der Waals surface area contributed by atoms with Crippen molar-refractivity contribution in [3.63, 3.8) is 0 Å². The van der Waals surface area contributed by atoms with Crippen LogP contribution in [-0.2, 0) is 11.2 Å². The molecule has 1 N–H and O–H groups in total. The molecule has 0 radical (unpaired) electrons. The fourth-order valence-electron chi connectivity index (χ4n) is 2.06. The lowest BCUT2D eigenvalue weighted by atomic mass is 10.0. The molecular weight excluding hydrogens is 212 g/mol. The van der Waals surface area contributed by atoms with Crippen LogP contribution in [0.1, 0.15) is 38.7 Å². The van der Waals surface area contributed by atoms with E-state index >= 15 is 0 Å². The summed E-state index contributed by atoms with van der Waals surface area (Å²) in [6.07, 6.45) is 3.39. The Morgan fingerprint density at radius 1 is 1.18 bits per heavy atom. The molecule has 0 aliphatic heterocycles. The molecule has 17 heavy (non-hydrogen) atoms. The molecule has 1 aromatic carbocycles. The SMILES string of the molecule is CCOC(CC)C(O)CCCc1ccccc1. The highest BCUT2D eigenvalue weighted by Crippen LogP contribution is 2.12. The largest absolute Gasteiger partial charge is 0.390 e. The molecule has 1 aromatic rings. The third-order valence-corrected chi connectivity index (χ3v) is 3.02. The van der Waals surface area contributed by atoms with Crippen LogP contribution in [0.25, 0.3) is 0 Å². The molecule has 1 rings (SSSR count). The maximum atomic E-state index is 9.99. The van der Waals surface area contributed by atoms with E-state index in [9.17, 15) is 5.11 Å². The van der Waals surface area contributed by atoms with Crippen molar-refractivity contribution in [1.29, 1.82) is 0 Å². The van der Waals surface area contributed by atoms with Gasteiger partial charge in [-0.1, -0.05) is 37.3 Å². The number of aliphatic hydroxyl groups is 1. The Bertz CT molecular complexity index is 284. The lowest BCUT2D eigenvalue weighted by Gasteiger charge is -2.21. The second-order valence-corrected chi connectivity index (χ2v) is 4.35. The second-order valence-electron chi connectivity index (χ2n) is 4.35. The van der Waals surface area contributed by atoms with E-state index in [4.69, 9.17) is 4.74 Å². The first-order chi connectivity index (χ1) is 8.27. The van der Waals surface area contributed by atoms with E-state index in [1.165, 1.54) is 5.56 Å². The van der Waals surface area contributed by atoms with Gasteiger partial charge in [-0.15, -0.1) is 0 Å². The van der Waals surface area contributed by atoms with Gasteiger partial charge in [0.15, 0.2) is 0 Å². The predicted molar refractivity (Wildman–Crippen MR) is 71.1 cm³/mol. The zero-order valence-corrected chi connectivity index (χ0v) is 10.9. The molecule has 0 bridgehead atoms. The Balaban J connectivity index is 2.25. The van der Waals surface area contributed by atoms with Crippen LogP contribution in [0.3, 0.4) is 0 Å². The molecule has 0 spiro atoms. The molecular formula is C15H24O2. The third kappa shape index (κ3) is 5.33. The summed E-state index contributed by atoms with van der Waals surface area (Å²) >= 11 is 0. The van der Waals surface area contributed by atoms with E-state index in [1.54, 1.807) is 0 Å². The van der Waals surface area contributed by atoms with Crippen LogP contribution in [0.5, 0.6) is 0 Å². The minimum absolute atomic E-state index is 0.00391. The van der Waals surface area contributed by atoms with E-state index in [-0.39, 0.29) is 12.2 Å². The van der Waals surface area contributed by atoms with Crippen LogP contribution < -0.4 is 0 Å². The van der Waals surface area contributed by atoms with Gasteiger partial charge in [-0.3, -0.25) is 0 Å².